The van der Waals surface area contributed by atoms with Gasteiger partial charge in [-0.3, -0.25) is 19.3 Å². The van der Waals surface area contributed by atoms with Crippen LogP contribution in [-0.4, -0.2) is 27.8 Å². The van der Waals surface area contributed by atoms with Crippen LogP contribution in [0.1, 0.15) is 15.9 Å². The molecule has 0 fully saturated rings. The maximum Gasteiger partial charge on any atom is 0.324 e. The molecule has 3 N–H and O–H groups in total. The van der Waals surface area contributed by atoms with Gasteiger partial charge in [0, 0.05) is 5.56 Å². The molecular formula is C16H6ClF3N4O4. The third kappa shape index (κ3) is 2.62. The first-order chi connectivity index (χ1) is 13.1. The topological polar surface area (TPSA) is 137 Å². The minimum absolute atomic E-state index is 0.342. The summed E-state index contributed by atoms with van der Waals surface area (Å²) in [6.45, 7) is 0. The summed E-state index contributed by atoms with van der Waals surface area (Å²) in [6, 6.07) is 2.49. The van der Waals surface area contributed by atoms with E-state index in [1.807, 2.05) is 0 Å². The van der Waals surface area contributed by atoms with E-state index in [1.54, 1.807) is 0 Å². The Balaban J connectivity index is 2.44. The highest BCUT2D eigenvalue weighted by Gasteiger charge is 2.47. The molecule has 1 atom stereocenters. The van der Waals surface area contributed by atoms with Crippen molar-refractivity contribution in [2.45, 2.75) is 0 Å². The smallest absolute Gasteiger partial charge is 0.324 e. The number of fused-ring (bicyclic) bond motifs is 1. The molecule has 1 amide bonds. The van der Waals surface area contributed by atoms with Crippen molar-refractivity contribution >= 4 is 46.6 Å². The fourth-order valence-electron chi connectivity index (χ4n) is 2.67. The van der Waals surface area contributed by atoms with Crippen LogP contribution in [0.4, 0.5) is 30.5 Å². The van der Waals surface area contributed by atoms with Gasteiger partial charge >= 0.3 is 5.97 Å². The van der Waals surface area contributed by atoms with E-state index in [2.05, 4.69) is 4.98 Å². The first kappa shape index (κ1) is 19.1. The number of Topliss-reactive ketones (excluding diaryl/α,β-unsaturated/α-hetero) is 1. The number of nitrogens with zero attached hydrogens (tertiary/aromatic N) is 3. The zero-order chi connectivity index (χ0) is 20.9. The summed E-state index contributed by atoms with van der Waals surface area (Å²) in [5, 5.41) is 17.4. The number of nitrogens with two attached hydrogens (primary N) is 1. The normalized spacial score (nSPS) is 16.0. The quantitative estimate of drug-likeness (QED) is 0.571. The molecule has 0 aliphatic carbocycles. The van der Waals surface area contributed by atoms with Crippen molar-refractivity contribution in [1.82, 2.24) is 4.98 Å². The van der Waals surface area contributed by atoms with E-state index in [0.717, 1.165) is 0 Å². The van der Waals surface area contributed by atoms with Crippen LogP contribution in [0.15, 0.2) is 12.1 Å². The fraction of sp³-hybridized carbons (Fsp3) is 0.0625. The molecule has 0 radical (unpaired) electrons. The minimum atomic E-state index is -2.35. The number of nitrogen functional groups attached to an aromatic ring is 1. The van der Waals surface area contributed by atoms with E-state index in [4.69, 9.17) is 17.3 Å². The molecule has 12 heteroatoms. The summed E-state index contributed by atoms with van der Waals surface area (Å²) in [4.78, 5) is 40.4. The molecule has 1 aromatic carbocycles. The van der Waals surface area contributed by atoms with Gasteiger partial charge in [-0.2, -0.15) is 5.26 Å². The van der Waals surface area contributed by atoms with E-state index < -0.39 is 74.5 Å². The van der Waals surface area contributed by atoms with Gasteiger partial charge in [-0.25, -0.2) is 18.2 Å². The zero-order valence-electron chi connectivity index (χ0n) is 13.3. The highest BCUT2D eigenvalue weighted by molar-refractivity contribution is 6.39. The predicted octanol–water partition coefficient (Wildman–Crippen LogP) is 2.17. The van der Waals surface area contributed by atoms with Crippen molar-refractivity contribution in [3.8, 4) is 6.07 Å². The number of carboxylic acid groups (broad SMARTS) is 1. The Morgan fingerprint density at radius 2 is 1.93 bits per heavy atom. The van der Waals surface area contributed by atoms with Crippen molar-refractivity contribution < 1.29 is 32.7 Å². The molecule has 1 aliphatic rings. The lowest BCUT2D eigenvalue weighted by Gasteiger charge is -2.32. The standard InChI is InChI=1S/C16H6ClF3N4O4/c17-9-10(20)6(18)2-5-11(9)24(15(26)8(12(5)25)16(27)28)14-4(3-21)1-7(19)13(22)23-14/h1-2,8H,(H2,22,23)(H,27,28). The number of aromatic nitrogens is 1. The number of halogens is 4. The number of aliphatic carboxylic acids is 1. The van der Waals surface area contributed by atoms with E-state index in [9.17, 15) is 37.9 Å². The highest BCUT2D eigenvalue weighted by Crippen LogP contribution is 2.43. The van der Waals surface area contributed by atoms with Crippen LogP contribution < -0.4 is 10.6 Å². The third-order valence-corrected chi connectivity index (χ3v) is 4.26. The SMILES string of the molecule is N#Cc1cc(F)c(N)nc1N1C(=O)C(C(=O)O)C(=O)c2cc(F)c(F)c(Cl)c21. The predicted molar refractivity (Wildman–Crippen MR) is 87.3 cm³/mol. The Bertz CT molecular complexity index is 1130. The van der Waals surface area contributed by atoms with Crippen molar-refractivity contribution in [3.05, 3.63) is 45.7 Å². The number of amides is 1. The summed E-state index contributed by atoms with van der Waals surface area (Å²) in [5.41, 5.74) is 3.29. The Labute approximate surface area is 158 Å². The maximum atomic E-state index is 14.0. The number of pyridine rings is 1. The molecule has 2 heterocycles. The lowest BCUT2D eigenvalue weighted by molar-refractivity contribution is -0.143. The second-order valence-corrected chi connectivity index (χ2v) is 5.91. The van der Waals surface area contributed by atoms with Crippen molar-refractivity contribution in [2.24, 2.45) is 5.92 Å². The van der Waals surface area contributed by atoms with E-state index in [-0.39, 0.29) is 0 Å². The van der Waals surface area contributed by atoms with Crippen LogP contribution in [0.2, 0.25) is 5.02 Å². The molecule has 1 aromatic heterocycles. The van der Waals surface area contributed by atoms with Crippen LogP contribution >= 0.6 is 11.6 Å². The van der Waals surface area contributed by atoms with Gasteiger partial charge in [0.25, 0.3) is 5.91 Å². The van der Waals surface area contributed by atoms with Gasteiger partial charge in [0.05, 0.1) is 11.3 Å². The fourth-order valence-corrected chi connectivity index (χ4v) is 2.95. The molecule has 1 aliphatic heterocycles. The number of ketones is 1. The summed E-state index contributed by atoms with van der Waals surface area (Å²) < 4.78 is 41.4. The largest absolute Gasteiger partial charge is 0.480 e. The Kier molecular flexibility index (Phi) is 4.44. The lowest BCUT2D eigenvalue weighted by Crippen LogP contribution is -2.46. The van der Waals surface area contributed by atoms with Gasteiger partial charge in [0.1, 0.15) is 11.1 Å². The monoisotopic (exact) mass is 410 g/mol. The summed E-state index contributed by atoms with van der Waals surface area (Å²) in [7, 11) is 0. The van der Waals surface area contributed by atoms with Gasteiger partial charge in [-0.1, -0.05) is 11.6 Å². The summed E-state index contributed by atoms with van der Waals surface area (Å²) in [5.74, 6) is -12.8. The number of hydrogen-bond donors (Lipinski definition) is 2. The molecule has 3 rings (SSSR count). The minimum Gasteiger partial charge on any atom is -0.480 e. The van der Waals surface area contributed by atoms with Crippen LogP contribution in [0.5, 0.6) is 0 Å². The van der Waals surface area contributed by atoms with Gasteiger partial charge in [0.2, 0.25) is 0 Å². The van der Waals surface area contributed by atoms with Crippen LogP contribution in [0.25, 0.3) is 0 Å². The molecule has 0 saturated heterocycles. The number of carbonyl (C=O) groups excluding carboxylic acids is 2. The van der Waals surface area contributed by atoms with Crippen molar-refractivity contribution in [3.63, 3.8) is 0 Å². The number of hydrogen-bond acceptors (Lipinski definition) is 6. The molecule has 0 bridgehead atoms. The van der Waals surface area contributed by atoms with Crippen LogP contribution in [0.3, 0.4) is 0 Å². The highest BCUT2D eigenvalue weighted by atomic mass is 35.5. The molecule has 0 saturated carbocycles. The number of rotatable bonds is 2. The van der Waals surface area contributed by atoms with Gasteiger partial charge < -0.3 is 10.8 Å². The van der Waals surface area contributed by atoms with Crippen molar-refractivity contribution in [1.29, 1.82) is 5.26 Å². The van der Waals surface area contributed by atoms with Crippen LogP contribution in [-0.2, 0) is 9.59 Å². The number of benzene rings is 1. The molecule has 28 heavy (non-hydrogen) atoms. The Morgan fingerprint density at radius 3 is 2.50 bits per heavy atom. The van der Waals surface area contributed by atoms with Crippen molar-refractivity contribution in [2.75, 3.05) is 10.6 Å². The summed E-state index contributed by atoms with van der Waals surface area (Å²) in [6.07, 6.45) is 0. The molecular weight excluding hydrogens is 405 g/mol. The first-order valence-electron chi connectivity index (χ1n) is 7.24. The number of carboxylic acids is 1. The van der Waals surface area contributed by atoms with E-state index >= 15 is 0 Å². The third-order valence-electron chi connectivity index (χ3n) is 3.92. The van der Waals surface area contributed by atoms with E-state index in [0.29, 0.717) is 17.0 Å². The maximum absolute atomic E-state index is 14.0. The molecule has 2 aromatic rings. The average molecular weight is 411 g/mol. The molecule has 0 spiro atoms. The molecule has 8 nitrogen and oxygen atoms in total. The van der Waals surface area contributed by atoms with E-state index in [1.165, 1.54) is 6.07 Å². The van der Waals surface area contributed by atoms with Gasteiger partial charge in [-0.15, -0.1) is 0 Å². The Morgan fingerprint density at radius 1 is 1.29 bits per heavy atom. The summed E-state index contributed by atoms with van der Waals surface area (Å²) >= 11 is 5.76. The molecule has 142 valence electrons. The zero-order valence-corrected chi connectivity index (χ0v) is 14.1. The lowest BCUT2D eigenvalue weighted by atomic mass is 9.89. The molecule has 1 unspecified atom stereocenters. The number of carbonyl (C=O) groups is 3. The van der Waals surface area contributed by atoms with Gasteiger partial charge in [-0.05, 0) is 12.1 Å². The second kappa shape index (κ2) is 6.50. The first-order valence-corrected chi connectivity index (χ1v) is 7.62. The number of anilines is 3. The Hall–Kier alpha value is -3.65. The number of nitriles is 1. The van der Waals surface area contributed by atoms with Gasteiger partial charge in [0.15, 0.2) is 40.8 Å². The second-order valence-electron chi connectivity index (χ2n) is 5.53. The average Bonchev–Trinajstić information content (AvgIpc) is 2.63. The van der Waals surface area contributed by atoms with Crippen LogP contribution in [0, 0.1) is 34.7 Å².